The highest BCUT2D eigenvalue weighted by molar-refractivity contribution is 7.91. The molecule has 1 saturated heterocycles. The Kier molecular flexibility index (Phi) is 3.94. The molecule has 0 aromatic heterocycles. The summed E-state index contributed by atoms with van der Waals surface area (Å²) >= 11 is 0. The summed E-state index contributed by atoms with van der Waals surface area (Å²) in [5.41, 5.74) is 2.74. The molecule has 1 atom stereocenters. The predicted molar refractivity (Wildman–Crippen MR) is 75.0 cm³/mol. The number of sulfone groups is 1. The van der Waals surface area contributed by atoms with E-state index in [1.165, 1.54) is 0 Å². The van der Waals surface area contributed by atoms with E-state index in [1.807, 2.05) is 32.0 Å². The number of nitrogens with one attached hydrogen (secondary N) is 1. The van der Waals surface area contributed by atoms with Crippen LogP contribution in [0.5, 0.6) is 0 Å². The maximum atomic E-state index is 12.0. The highest BCUT2D eigenvalue weighted by Crippen LogP contribution is 2.17. The summed E-state index contributed by atoms with van der Waals surface area (Å²) in [4.78, 5) is 12.0. The van der Waals surface area contributed by atoms with E-state index in [0.717, 1.165) is 11.1 Å². The molecule has 0 saturated carbocycles. The molecular weight excluding hydrogens is 262 g/mol. The van der Waals surface area contributed by atoms with Crippen LogP contribution in [0.2, 0.25) is 0 Å². The van der Waals surface area contributed by atoms with Gasteiger partial charge in [-0.3, -0.25) is 4.79 Å². The van der Waals surface area contributed by atoms with Crippen molar-refractivity contribution >= 4 is 15.7 Å². The van der Waals surface area contributed by atoms with Crippen molar-refractivity contribution in [3.8, 4) is 0 Å². The summed E-state index contributed by atoms with van der Waals surface area (Å²) in [7, 11) is -2.87. The number of hydrogen-bond acceptors (Lipinski definition) is 3. The highest BCUT2D eigenvalue weighted by atomic mass is 32.2. The van der Waals surface area contributed by atoms with Crippen LogP contribution in [-0.2, 0) is 9.84 Å². The van der Waals surface area contributed by atoms with Gasteiger partial charge in [0.1, 0.15) is 0 Å². The number of carbonyl (C=O) groups excluding carboxylic acids is 1. The number of rotatable bonds is 3. The summed E-state index contributed by atoms with van der Waals surface area (Å²) in [5.74, 6) is 0.368. The van der Waals surface area contributed by atoms with Gasteiger partial charge < -0.3 is 5.32 Å². The number of amides is 1. The lowest BCUT2D eigenvalue weighted by molar-refractivity contribution is 0.0948. The number of hydrogen-bond donors (Lipinski definition) is 1. The molecule has 104 valence electrons. The van der Waals surface area contributed by atoms with Gasteiger partial charge in [-0.15, -0.1) is 0 Å². The normalized spacial score (nSPS) is 21.3. The maximum absolute atomic E-state index is 12.0. The van der Waals surface area contributed by atoms with Crippen LogP contribution in [0.15, 0.2) is 18.2 Å². The van der Waals surface area contributed by atoms with Gasteiger partial charge in [0.05, 0.1) is 11.5 Å². The van der Waals surface area contributed by atoms with Gasteiger partial charge in [-0.05, 0) is 38.3 Å². The van der Waals surface area contributed by atoms with Crippen LogP contribution in [0.4, 0.5) is 0 Å². The van der Waals surface area contributed by atoms with Crippen molar-refractivity contribution in [2.45, 2.75) is 20.3 Å². The molecule has 4 nitrogen and oxygen atoms in total. The van der Waals surface area contributed by atoms with Crippen molar-refractivity contribution in [1.82, 2.24) is 5.32 Å². The zero-order valence-electron chi connectivity index (χ0n) is 11.3. The Hall–Kier alpha value is -1.36. The molecule has 1 aromatic rings. The van der Waals surface area contributed by atoms with Gasteiger partial charge in [0.2, 0.25) is 0 Å². The molecule has 2 rings (SSSR count). The third-order valence-electron chi connectivity index (χ3n) is 3.36. The van der Waals surface area contributed by atoms with Gasteiger partial charge in [-0.1, -0.05) is 17.2 Å². The Morgan fingerprint density at radius 2 is 1.89 bits per heavy atom. The monoisotopic (exact) mass is 281 g/mol. The zero-order chi connectivity index (χ0) is 14.0. The molecule has 0 spiro atoms. The van der Waals surface area contributed by atoms with Crippen LogP contribution < -0.4 is 5.32 Å². The lowest BCUT2D eigenvalue weighted by Gasteiger charge is -2.10. The minimum absolute atomic E-state index is 0.0554. The van der Waals surface area contributed by atoms with Crippen molar-refractivity contribution < 1.29 is 13.2 Å². The summed E-state index contributed by atoms with van der Waals surface area (Å²) in [6, 6.07) is 5.70. The van der Waals surface area contributed by atoms with Crippen LogP contribution in [0.1, 0.15) is 27.9 Å². The lowest BCUT2D eigenvalue weighted by Crippen LogP contribution is -2.29. The molecule has 19 heavy (non-hydrogen) atoms. The van der Waals surface area contributed by atoms with Crippen molar-refractivity contribution in [1.29, 1.82) is 0 Å². The van der Waals surface area contributed by atoms with Crippen molar-refractivity contribution in [2.24, 2.45) is 5.92 Å². The first-order valence-electron chi connectivity index (χ1n) is 6.43. The second-order valence-electron chi connectivity index (χ2n) is 5.36. The third-order valence-corrected chi connectivity index (χ3v) is 5.20. The molecule has 0 bridgehead atoms. The van der Waals surface area contributed by atoms with Crippen LogP contribution >= 0.6 is 0 Å². The van der Waals surface area contributed by atoms with Crippen molar-refractivity contribution in [2.75, 3.05) is 18.1 Å². The van der Waals surface area contributed by atoms with E-state index in [-0.39, 0.29) is 23.3 Å². The summed E-state index contributed by atoms with van der Waals surface area (Å²) in [6.07, 6.45) is 0.648. The van der Waals surface area contributed by atoms with Gasteiger partial charge in [0.15, 0.2) is 9.84 Å². The summed E-state index contributed by atoms with van der Waals surface area (Å²) < 4.78 is 22.7. The predicted octanol–water partition coefficient (Wildman–Crippen LogP) is 1.47. The molecule has 1 aromatic carbocycles. The van der Waals surface area contributed by atoms with Gasteiger partial charge in [-0.2, -0.15) is 0 Å². The molecule has 1 N–H and O–H groups in total. The van der Waals surface area contributed by atoms with Crippen LogP contribution in [0.25, 0.3) is 0 Å². The Morgan fingerprint density at radius 3 is 2.42 bits per heavy atom. The van der Waals surface area contributed by atoms with E-state index in [9.17, 15) is 13.2 Å². The average Bonchev–Trinajstić information content (AvgIpc) is 2.64. The molecule has 1 amide bonds. The molecule has 1 aliphatic heterocycles. The molecular formula is C14H19NO3S. The van der Waals surface area contributed by atoms with Crippen LogP contribution in [0, 0.1) is 19.8 Å². The van der Waals surface area contributed by atoms with E-state index in [4.69, 9.17) is 0 Å². The van der Waals surface area contributed by atoms with E-state index in [2.05, 4.69) is 5.32 Å². The second-order valence-corrected chi connectivity index (χ2v) is 7.58. The molecule has 0 radical (unpaired) electrons. The molecule has 0 aliphatic carbocycles. The minimum Gasteiger partial charge on any atom is -0.352 e. The molecule has 5 heteroatoms. The van der Waals surface area contributed by atoms with Crippen molar-refractivity contribution in [3.05, 3.63) is 34.9 Å². The average molecular weight is 281 g/mol. The topological polar surface area (TPSA) is 63.2 Å². The highest BCUT2D eigenvalue weighted by Gasteiger charge is 2.27. The fraction of sp³-hybridized carbons (Fsp3) is 0.500. The largest absolute Gasteiger partial charge is 0.352 e. The standard InChI is InChI=1S/C14H19NO3S/c1-10-5-11(2)7-13(6-10)14(16)15-8-12-3-4-19(17,18)9-12/h5-7,12H,3-4,8-9H2,1-2H3,(H,15,16)/t12-/m0/s1. The first kappa shape index (κ1) is 14.1. The zero-order valence-corrected chi connectivity index (χ0v) is 12.1. The fourth-order valence-electron chi connectivity index (χ4n) is 2.48. The van der Waals surface area contributed by atoms with Gasteiger partial charge >= 0.3 is 0 Å². The van der Waals surface area contributed by atoms with E-state index in [1.54, 1.807) is 0 Å². The first-order valence-corrected chi connectivity index (χ1v) is 8.25. The smallest absolute Gasteiger partial charge is 0.251 e. The molecule has 1 heterocycles. The number of benzene rings is 1. The van der Waals surface area contributed by atoms with Crippen LogP contribution in [-0.4, -0.2) is 32.4 Å². The molecule has 1 fully saturated rings. The number of aryl methyl sites for hydroxylation is 2. The van der Waals surface area contributed by atoms with E-state index >= 15 is 0 Å². The quantitative estimate of drug-likeness (QED) is 0.912. The van der Waals surface area contributed by atoms with E-state index < -0.39 is 9.84 Å². The number of carbonyl (C=O) groups is 1. The summed E-state index contributed by atoms with van der Waals surface area (Å²) in [6.45, 7) is 4.34. The Bertz CT molecular complexity index is 572. The fourth-order valence-corrected chi connectivity index (χ4v) is 4.34. The third kappa shape index (κ3) is 3.80. The van der Waals surface area contributed by atoms with E-state index in [0.29, 0.717) is 18.5 Å². The first-order chi connectivity index (χ1) is 8.85. The Morgan fingerprint density at radius 1 is 1.26 bits per heavy atom. The second kappa shape index (κ2) is 5.33. The Labute approximate surface area is 114 Å². The van der Waals surface area contributed by atoms with Crippen LogP contribution in [0.3, 0.4) is 0 Å². The molecule has 1 aliphatic rings. The molecule has 0 unspecified atom stereocenters. The Balaban J connectivity index is 1.95. The van der Waals surface area contributed by atoms with Gasteiger partial charge in [0, 0.05) is 12.1 Å². The minimum atomic E-state index is -2.87. The maximum Gasteiger partial charge on any atom is 0.251 e. The van der Waals surface area contributed by atoms with Gasteiger partial charge in [0.25, 0.3) is 5.91 Å². The van der Waals surface area contributed by atoms with Gasteiger partial charge in [-0.25, -0.2) is 8.42 Å². The lowest BCUT2D eigenvalue weighted by atomic mass is 10.1. The van der Waals surface area contributed by atoms with Crippen molar-refractivity contribution in [3.63, 3.8) is 0 Å². The SMILES string of the molecule is Cc1cc(C)cc(C(=O)NC[C@@H]2CCS(=O)(=O)C2)c1. The summed E-state index contributed by atoms with van der Waals surface area (Å²) in [5, 5.41) is 2.83.